The van der Waals surface area contributed by atoms with Gasteiger partial charge in [0.15, 0.2) is 0 Å². The molecule has 1 aromatic heterocycles. The van der Waals surface area contributed by atoms with E-state index in [9.17, 15) is 4.79 Å². The van der Waals surface area contributed by atoms with E-state index >= 15 is 0 Å². The van der Waals surface area contributed by atoms with Crippen LogP contribution >= 0.6 is 0 Å². The lowest BCUT2D eigenvalue weighted by atomic mass is 9.81. The lowest BCUT2D eigenvalue weighted by molar-refractivity contribution is -0.138. The molecule has 1 N–H and O–H groups in total. The topological polar surface area (TPSA) is 42.2 Å². The third-order valence-electron chi connectivity index (χ3n) is 3.73. The molecule has 0 radical (unpaired) electrons. The Morgan fingerprint density at radius 2 is 1.95 bits per heavy atom. The number of benzene rings is 1. The van der Waals surface area contributed by atoms with Gasteiger partial charge in [0, 0.05) is 24.0 Å². The van der Waals surface area contributed by atoms with Crippen molar-refractivity contribution in [1.82, 2.24) is 4.57 Å². The highest BCUT2D eigenvalue weighted by Crippen LogP contribution is 2.35. The maximum atomic E-state index is 11.1. The molecule has 0 spiro atoms. The average molecular weight is 259 g/mol. The van der Waals surface area contributed by atoms with Crippen LogP contribution in [0.1, 0.15) is 37.0 Å². The lowest BCUT2D eigenvalue weighted by Gasteiger charge is -2.22. The van der Waals surface area contributed by atoms with Gasteiger partial charge < -0.3 is 9.67 Å². The molecule has 0 aliphatic rings. The molecule has 0 aliphatic heterocycles. The summed E-state index contributed by atoms with van der Waals surface area (Å²) in [5, 5.41) is 10.3. The number of carboxylic acids is 1. The van der Waals surface area contributed by atoms with Crippen LogP contribution in [-0.2, 0) is 17.3 Å². The fourth-order valence-electron chi connectivity index (χ4n) is 2.97. The molecule has 2 rings (SSSR count). The molecular formula is C16H21NO2. The molecule has 19 heavy (non-hydrogen) atoms. The maximum absolute atomic E-state index is 11.1. The summed E-state index contributed by atoms with van der Waals surface area (Å²) in [6.45, 7) is 8.16. The van der Waals surface area contributed by atoms with Crippen molar-refractivity contribution in [1.29, 1.82) is 0 Å². The van der Waals surface area contributed by atoms with Crippen LogP contribution < -0.4 is 0 Å². The van der Waals surface area contributed by atoms with E-state index in [2.05, 4.69) is 36.7 Å². The standard InChI is InChI=1S/C16H21NO2/c1-10-6-11(2)15-12(7-10)13(9-17(15)5)16(3,4)8-14(18)19/h6-7,9H,8H2,1-5H3,(H,18,19). The minimum Gasteiger partial charge on any atom is -0.481 e. The van der Waals surface area contributed by atoms with E-state index in [1.807, 2.05) is 20.9 Å². The van der Waals surface area contributed by atoms with Crippen LogP contribution in [0.5, 0.6) is 0 Å². The second kappa shape index (κ2) is 4.41. The summed E-state index contributed by atoms with van der Waals surface area (Å²) < 4.78 is 2.10. The number of hydrogen-bond acceptors (Lipinski definition) is 1. The van der Waals surface area contributed by atoms with Crippen molar-refractivity contribution in [3.63, 3.8) is 0 Å². The minimum atomic E-state index is -0.758. The number of fused-ring (bicyclic) bond motifs is 1. The van der Waals surface area contributed by atoms with Crippen LogP contribution in [0.25, 0.3) is 10.9 Å². The third-order valence-corrected chi connectivity index (χ3v) is 3.73. The molecule has 0 aliphatic carbocycles. The summed E-state index contributed by atoms with van der Waals surface area (Å²) in [5.74, 6) is -0.758. The smallest absolute Gasteiger partial charge is 0.304 e. The molecule has 2 aromatic rings. The normalized spacial score (nSPS) is 12.1. The first-order valence-electron chi connectivity index (χ1n) is 6.51. The molecule has 3 nitrogen and oxygen atoms in total. The highest BCUT2D eigenvalue weighted by Gasteiger charge is 2.28. The maximum Gasteiger partial charge on any atom is 0.304 e. The van der Waals surface area contributed by atoms with Gasteiger partial charge in [-0.2, -0.15) is 0 Å². The van der Waals surface area contributed by atoms with Crippen LogP contribution in [0, 0.1) is 13.8 Å². The van der Waals surface area contributed by atoms with Crippen molar-refractivity contribution < 1.29 is 9.90 Å². The van der Waals surface area contributed by atoms with Gasteiger partial charge in [0.2, 0.25) is 0 Å². The molecule has 0 saturated heterocycles. The molecule has 0 saturated carbocycles. The Labute approximate surface area is 113 Å². The molecular weight excluding hydrogens is 238 g/mol. The fraction of sp³-hybridized carbons (Fsp3) is 0.438. The predicted octanol–water partition coefficient (Wildman–Crippen LogP) is 3.55. The van der Waals surface area contributed by atoms with Crippen molar-refractivity contribution in [3.05, 3.63) is 35.0 Å². The predicted molar refractivity (Wildman–Crippen MR) is 77.7 cm³/mol. The van der Waals surface area contributed by atoms with Gasteiger partial charge in [0.1, 0.15) is 0 Å². The summed E-state index contributed by atoms with van der Waals surface area (Å²) in [7, 11) is 2.02. The van der Waals surface area contributed by atoms with Crippen LogP contribution in [-0.4, -0.2) is 15.6 Å². The Bertz CT molecular complexity index is 650. The number of rotatable bonds is 3. The van der Waals surface area contributed by atoms with E-state index in [-0.39, 0.29) is 11.8 Å². The Morgan fingerprint density at radius 3 is 2.53 bits per heavy atom. The van der Waals surface area contributed by atoms with Crippen molar-refractivity contribution in [2.24, 2.45) is 7.05 Å². The summed E-state index contributed by atoms with van der Waals surface area (Å²) in [6.07, 6.45) is 2.21. The monoisotopic (exact) mass is 259 g/mol. The molecule has 102 valence electrons. The molecule has 1 aromatic carbocycles. The van der Waals surface area contributed by atoms with Crippen molar-refractivity contribution in [2.75, 3.05) is 0 Å². The molecule has 0 atom stereocenters. The van der Waals surface area contributed by atoms with Crippen LogP contribution in [0.3, 0.4) is 0 Å². The Kier molecular flexibility index (Phi) is 3.17. The third kappa shape index (κ3) is 2.37. The van der Waals surface area contributed by atoms with Gasteiger partial charge in [-0.3, -0.25) is 4.79 Å². The van der Waals surface area contributed by atoms with E-state index in [0.717, 1.165) is 5.56 Å². The van der Waals surface area contributed by atoms with E-state index in [4.69, 9.17) is 5.11 Å². The van der Waals surface area contributed by atoms with Gasteiger partial charge in [-0.25, -0.2) is 0 Å². The Hall–Kier alpha value is -1.77. The first kappa shape index (κ1) is 13.7. The van der Waals surface area contributed by atoms with Gasteiger partial charge >= 0.3 is 5.97 Å². The first-order valence-corrected chi connectivity index (χ1v) is 6.51. The van der Waals surface area contributed by atoms with Crippen molar-refractivity contribution >= 4 is 16.9 Å². The van der Waals surface area contributed by atoms with Gasteiger partial charge in [-0.15, -0.1) is 0 Å². The zero-order valence-corrected chi connectivity index (χ0v) is 12.2. The summed E-state index contributed by atoms with van der Waals surface area (Å²) in [4.78, 5) is 11.1. The molecule has 0 amide bonds. The SMILES string of the molecule is Cc1cc(C)c2c(c1)c(C(C)(C)CC(=O)O)cn2C. The van der Waals surface area contributed by atoms with Gasteiger partial charge in [0.25, 0.3) is 0 Å². The van der Waals surface area contributed by atoms with Crippen molar-refractivity contribution in [3.8, 4) is 0 Å². The number of carbonyl (C=O) groups is 1. The molecule has 3 heteroatoms. The molecule has 0 fully saturated rings. The summed E-state index contributed by atoms with van der Waals surface area (Å²) in [6, 6.07) is 4.32. The fourth-order valence-corrected chi connectivity index (χ4v) is 2.97. The average Bonchev–Trinajstić information content (AvgIpc) is 2.54. The quantitative estimate of drug-likeness (QED) is 0.916. The van der Waals surface area contributed by atoms with E-state index in [0.29, 0.717) is 0 Å². The first-order chi connectivity index (χ1) is 8.72. The number of hydrogen-bond donors (Lipinski definition) is 1. The second-order valence-electron chi connectivity index (χ2n) is 6.09. The molecule has 0 bridgehead atoms. The summed E-state index contributed by atoms with van der Waals surface area (Å²) in [5.41, 5.74) is 4.38. The number of aliphatic carboxylic acids is 1. The largest absolute Gasteiger partial charge is 0.481 e. The number of aryl methyl sites for hydroxylation is 3. The van der Waals surface area contributed by atoms with E-state index in [1.54, 1.807) is 0 Å². The zero-order chi connectivity index (χ0) is 14.4. The van der Waals surface area contributed by atoms with Crippen molar-refractivity contribution in [2.45, 2.75) is 39.5 Å². The van der Waals surface area contributed by atoms with E-state index < -0.39 is 5.97 Å². The minimum absolute atomic E-state index is 0.138. The summed E-state index contributed by atoms with van der Waals surface area (Å²) >= 11 is 0. The van der Waals surface area contributed by atoms with Crippen LogP contribution in [0.15, 0.2) is 18.3 Å². The zero-order valence-electron chi connectivity index (χ0n) is 12.2. The van der Waals surface area contributed by atoms with Gasteiger partial charge in [-0.1, -0.05) is 25.5 Å². The number of carboxylic acid groups (broad SMARTS) is 1. The highest BCUT2D eigenvalue weighted by molar-refractivity contribution is 5.89. The highest BCUT2D eigenvalue weighted by atomic mass is 16.4. The Balaban J connectivity index is 2.71. The van der Waals surface area contributed by atoms with Crippen LogP contribution in [0.2, 0.25) is 0 Å². The van der Waals surface area contributed by atoms with Crippen LogP contribution in [0.4, 0.5) is 0 Å². The second-order valence-corrected chi connectivity index (χ2v) is 6.09. The van der Waals surface area contributed by atoms with Gasteiger partial charge in [0.05, 0.1) is 11.9 Å². The lowest BCUT2D eigenvalue weighted by Crippen LogP contribution is -2.21. The molecule has 1 heterocycles. The van der Waals surface area contributed by atoms with E-state index in [1.165, 1.54) is 22.0 Å². The van der Waals surface area contributed by atoms with Gasteiger partial charge in [-0.05, 0) is 31.0 Å². The molecule has 0 unspecified atom stereocenters. The Morgan fingerprint density at radius 1 is 1.32 bits per heavy atom. The number of nitrogens with zero attached hydrogens (tertiary/aromatic N) is 1. The number of aromatic nitrogens is 1.